The van der Waals surface area contributed by atoms with Gasteiger partial charge in [-0.3, -0.25) is 4.79 Å². The normalized spacial score (nSPS) is 25.8. The Balaban J connectivity index is 2.67. The molecule has 0 spiro atoms. The summed E-state index contributed by atoms with van der Waals surface area (Å²) < 4.78 is 0. The van der Waals surface area contributed by atoms with Crippen LogP contribution >= 0.6 is 0 Å². The molecule has 1 aliphatic heterocycles. The molecular weight excluding hydrogens is 118 g/mol. The number of nitrogens with zero attached hydrogens (tertiary/aromatic N) is 1. The quantitative estimate of drug-likeness (QED) is 0.477. The fourth-order valence-corrected chi connectivity index (χ4v) is 0.766. The van der Waals surface area contributed by atoms with Crippen molar-refractivity contribution in [2.45, 2.75) is 6.92 Å². The molecular formula is C5H9N3O. The second-order valence-corrected chi connectivity index (χ2v) is 2.02. The zero-order chi connectivity index (χ0) is 6.85. The number of carbonyl (C=O) groups excluding carboxylic acids is 1. The fourth-order valence-electron chi connectivity index (χ4n) is 0.766. The van der Waals surface area contributed by atoms with Gasteiger partial charge in [0.15, 0.2) is 0 Å². The lowest BCUT2D eigenvalue weighted by Crippen LogP contribution is -2.29. The van der Waals surface area contributed by atoms with E-state index in [0.717, 1.165) is 5.71 Å². The number of hydrogen-bond donors (Lipinski definition) is 2. The molecule has 3 N–H and O–H groups in total. The van der Waals surface area contributed by atoms with Gasteiger partial charge in [0, 0.05) is 12.3 Å². The SMILES string of the molecule is CC1=NNC(=O)[C@H]1CN. The third kappa shape index (κ3) is 0.929. The lowest BCUT2D eigenvalue weighted by atomic mass is 10.1. The molecule has 50 valence electrons. The average Bonchev–Trinajstić information content (AvgIpc) is 2.12. The Labute approximate surface area is 53.1 Å². The highest BCUT2D eigenvalue weighted by Gasteiger charge is 2.24. The van der Waals surface area contributed by atoms with E-state index in [9.17, 15) is 4.79 Å². The molecule has 0 unspecified atom stereocenters. The number of amides is 1. The summed E-state index contributed by atoms with van der Waals surface area (Å²) >= 11 is 0. The monoisotopic (exact) mass is 127 g/mol. The lowest BCUT2D eigenvalue weighted by Gasteiger charge is -1.99. The van der Waals surface area contributed by atoms with Gasteiger partial charge in [0.1, 0.15) is 0 Å². The van der Waals surface area contributed by atoms with E-state index < -0.39 is 0 Å². The van der Waals surface area contributed by atoms with Crippen LogP contribution in [-0.4, -0.2) is 18.2 Å². The van der Waals surface area contributed by atoms with Crippen LogP contribution in [0.4, 0.5) is 0 Å². The number of nitrogens with one attached hydrogen (secondary N) is 1. The lowest BCUT2D eigenvalue weighted by molar-refractivity contribution is -0.121. The molecule has 4 nitrogen and oxygen atoms in total. The summed E-state index contributed by atoms with van der Waals surface area (Å²) in [6.45, 7) is 2.14. The molecule has 1 aliphatic rings. The van der Waals surface area contributed by atoms with Crippen LogP contribution in [0.15, 0.2) is 5.10 Å². The van der Waals surface area contributed by atoms with Crippen molar-refractivity contribution < 1.29 is 4.79 Å². The van der Waals surface area contributed by atoms with Crippen molar-refractivity contribution in [2.24, 2.45) is 16.8 Å². The van der Waals surface area contributed by atoms with Crippen LogP contribution < -0.4 is 11.2 Å². The van der Waals surface area contributed by atoms with Crippen molar-refractivity contribution in [1.29, 1.82) is 0 Å². The summed E-state index contributed by atoms with van der Waals surface area (Å²) in [7, 11) is 0. The van der Waals surface area contributed by atoms with Gasteiger partial charge < -0.3 is 5.73 Å². The maximum atomic E-state index is 10.7. The summed E-state index contributed by atoms with van der Waals surface area (Å²) in [6, 6.07) is 0. The van der Waals surface area contributed by atoms with E-state index in [0.29, 0.717) is 6.54 Å². The summed E-state index contributed by atoms with van der Waals surface area (Å²) in [4.78, 5) is 10.7. The Hall–Kier alpha value is -0.900. The molecule has 0 aromatic carbocycles. The Kier molecular flexibility index (Phi) is 1.48. The van der Waals surface area contributed by atoms with Crippen LogP contribution in [0.5, 0.6) is 0 Å². The molecule has 0 aliphatic carbocycles. The highest BCUT2D eigenvalue weighted by atomic mass is 16.2. The summed E-state index contributed by atoms with van der Waals surface area (Å²) in [5.41, 5.74) is 8.39. The average molecular weight is 127 g/mol. The van der Waals surface area contributed by atoms with Gasteiger partial charge in [-0.25, -0.2) is 5.43 Å². The standard InChI is InChI=1S/C5H9N3O/c1-3-4(2-6)5(9)8-7-3/h4H,2,6H2,1H3,(H,8,9)/t4-/m0/s1. The molecule has 0 saturated carbocycles. The molecule has 0 aromatic rings. The van der Waals surface area contributed by atoms with Crippen LogP contribution in [-0.2, 0) is 4.79 Å². The van der Waals surface area contributed by atoms with Crippen molar-refractivity contribution in [1.82, 2.24) is 5.43 Å². The van der Waals surface area contributed by atoms with Crippen LogP contribution in [0.1, 0.15) is 6.92 Å². The van der Waals surface area contributed by atoms with Crippen LogP contribution in [0, 0.1) is 5.92 Å². The molecule has 4 heteroatoms. The van der Waals surface area contributed by atoms with Crippen molar-refractivity contribution in [3.05, 3.63) is 0 Å². The molecule has 0 fully saturated rings. The van der Waals surface area contributed by atoms with E-state index in [1.165, 1.54) is 0 Å². The second kappa shape index (κ2) is 2.14. The Morgan fingerprint density at radius 3 is 2.78 bits per heavy atom. The first kappa shape index (κ1) is 6.22. The predicted octanol–water partition coefficient (Wildman–Crippen LogP) is -0.933. The minimum atomic E-state index is -0.190. The van der Waals surface area contributed by atoms with Gasteiger partial charge in [-0.2, -0.15) is 5.10 Å². The zero-order valence-corrected chi connectivity index (χ0v) is 5.22. The van der Waals surface area contributed by atoms with Gasteiger partial charge in [0.25, 0.3) is 0 Å². The Bertz CT molecular complexity index is 164. The minimum absolute atomic E-state index is 0.0880. The predicted molar refractivity (Wildman–Crippen MR) is 33.8 cm³/mol. The van der Waals surface area contributed by atoms with Crippen LogP contribution in [0.25, 0.3) is 0 Å². The van der Waals surface area contributed by atoms with Crippen LogP contribution in [0.2, 0.25) is 0 Å². The van der Waals surface area contributed by atoms with E-state index in [1.807, 2.05) is 0 Å². The summed E-state index contributed by atoms with van der Waals surface area (Å²) in [5.74, 6) is -0.278. The fraction of sp³-hybridized carbons (Fsp3) is 0.600. The van der Waals surface area contributed by atoms with E-state index >= 15 is 0 Å². The number of rotatable bonds is 1. The van der Waals surface area contributed by atoms with Crippen molar-refractivity contribution in [3.8, 4) is 0 Å². The first-order valence-corrected chi connectivity index (χ1v) is 2.80. The van der Waals surface area contributed by atoms with Crippen molar-refractivity contribution in [2.75, 3.05) is 6.54 Å². The van der Waals surface area contributed by atoms with Gasteiger partial charge in [-0.15, -0.1) is 0 Å². The van der Waals surface area contributed by atoms with Crippen LogP contribution in [0.3, 0.4) is 0 Å². The van der Waals surface area contributed by atoms with Gasteiger partial charge in [0.05, 0.1) is 5.92 Å². The molecule has 0 aromatic heterocycles. The molecule has 1 atom stereocenters. The first-order chi connectivity index (χ1) is 4.25. The van der Waals surface area contributed by atoms with E-state index in [1.54, 1.807) is 6.92 Å². The van der Waals surface area contributed by atoms with E-state index in [4.69, 9.17) is 5.73 Å². The molecule has 1 rings (SSSR count). The number of hydrogen-bond acceptors (Lipinski definition) is 3. The smallest absolute Gasteiger partial charge is 0.250 e. The molecule has 0 bridgehead atoms. The van der Waals surface area contributed by atoms with Gasteiger partial charge in [-0.1, -0.05) is 0 Å². The van der Waals surface area contributed by atoms with Crippen molar-refractivity contribution in [3.63, 3.8) is 0 Å². The topological polar surface area (TPSA) is 67.5 Å². The molecule has 9 heavy (non-hydrogen) atoms. The second-order valence-electron chi connectivity index (χ2n) is 2.02. The molecule has 1 amide bonds. The van der Waals surface area contributed by atoms with Gasteiger partial charge in [-0.05, 0) is 6.92 Å². The highest BCUT2D eigenvalue weighted by molar-refractivity contribution is 6.07. The highest BCUT2D eigenvalue weighted by Crippen LogP contribution is 2.03. The summed E-state index contributed by atoms with van der Waals surface area (Å²) in [6.07, 6.45) is 0. The molecule has 1 heterocycles. The van der Waals surface area contributed by atoms with Gasteiger partial charge >= 0.3 is 0 Å². The molecule has 0 radical (unpaired) electrons. The Morgan fingerprint density at radius 2 is 2.56 bits per heavy atom. The molecule has 0 saturated heterocycles. The number of carbonyl (C=O) groups is 1. The number of hydrazone groups is 1. The summed E-state index contributed by atoms with van der Waals surface area (Å²) in [5, 5.41) is 3.71. The zero-order valence-electron chi connectivity index (χ0n) is 5.22. The largest absolute Gasteiger partial charge is 0.329 e. The maximum Gasteiger partial charge on any atom is 0.250 e. The third-order valence-electron chi connectivity index (χ3n) is 1.40. The van der Waals surface area contributed by atoms with E-state index in [2.05, 4.69) is 10.5 Å². The Morgan fingerprint density at radius 1 is 1.89 bits per heavy atom. The number of nitrogens with two attached hydrogens (primary N) is 1. The minimum Gasteiger partial charge on any atom is -0.329 e. The first-order valence-electron chi connectivity index (χ1n) is 2.80. The third-order valence-corrected chi connectivity index (χ3v) is 1.40. The van der Waals surface area contributed by atoms with Gasteiger partial charge in [0.2, 0.25) is 5.91 Å². The maximum absolute atomic E-state index is 10.7. The van der Waals surface area contributed by atoms with E-state index in [-0.39, 0.29) is 11.8 Å². The van der Waals surface area contributed by atoms with Crippen molar-refractivity contribution >= 4 is 11.6 Å².